The van der Waals surface area contributed by atoms with E-state index < -0.39 is 5.97 Å². The van der Waals surface area contributed by atoms with E-state index in [0.717, 1.165) is 12.0 Å². The Kier molecular flexibility index (Phi) is 4.74. The third kappa shape index (κ3) is 4.18. The number of carbonyl (C=O) groups excluding carboxylic acids is 2. The molecule has 130 valence electrons. The first-order chi connectivity index (χ1) is 11.9. The van der Waals surface area contributed by atoms with Crippen molar-refractivity contribution >= 4 is 11.8 Å². The Morgan fingerprint density at radius 1 is 1.04 bits per heavy atom. The molecule has 1 heterocycles. The van der Waals surface area contributed by atoms with Gasteiger partial charge in [-0.25, -0.2) is 4.79 Å². The third-order valence-electron chi connectivity index (χ3n) is 3.86. The van der Waals surface area contributed by atoms with Crippen molar-refractivity contribution in [2.45, 2.75) is 25.9 Å². The minimum absolute atomic E-state index is 0.250. The average Bonchev–Trinajstić information content (AvgIpc) is 2.93. The van der Waals surface area contributed by atoms with Crippen LogP contribution in [0.2, 0.25) is 0 Å². The lowest BCUT2D eigenvalue weighted by atomic mass is 10.0. The van der Waals surface area contributed by atoms with Crippen LogP contribution in [0, 0.1) is 0 Å². The molecule has 0 unspecified atom stereocenters. The zero-order chi connectivity index (χ0) is 17.9. The van der Waals surface area contributed by atoms with Gasteiger partial charge >= 0.3 is 5.97 Å². The summed E-state index contributed by atoms with van der Waals surface area (Å²) in [5.41, 5.74) is 1.27. The van der Waals surface area contributed by atoms with Crippen molar-refractivity contribution in [2.75, 3.05) is 13.2 Å². The van der Waals surface area contributed by atoms with Gasteiger partial charge in [-0.05, 0) is 19.9 Å². The van der Waals surface area contributed by atoms with Crippen molar-refractivity contribution in [2.24, 2.45) is 0 Å². The van der Waals surface area contributed by atoms with Gasteiger partial charge in [0.25, 0.3) is 0 Å². The molecule has 2 aromatic carbocycles. The molecule has 25 heavy (non-hydrogen) atoms. The molecular formula is C20H20O5. The van der Waals surface area contributed by atoms with E-state index in [1.807, 2.05) is 32.0 Å². The number of benzene rings is 2. The third-order valence-corrected chi connectivity index (χ3v) is 3.86. The molecule has 2 aromatic rings. The molecule has 1 aliphatic rings. The van der Waals surface area contributed by atoms with Gasteiger partial charge in [-0.3, -0.25) is 4.79 Å². The monoisotopic (exact) mass is 340 g/mol. The molecule has 0 atom stereocenters. The lowest BCUT2D eigenvalue weighted by molar-refractivity contribution is -0.144. The van der Waals surface area contributed by atoms with Crippen LogP contribution >= 0.6 is 0 Å². The highest BCUT2D eigenvalue weighted by Crippen LogP contribution is 2.41. The number of esters is 1. The van der Waals surface area contributed by atoms with Gasteiger partial charge in [-0.1, -0.05) is 42.5 Å². The Balaban J connectivity index is 1.52. The lowest BCUT2D eigenvalue weighted by Gasteiger charge is -2.18. The van der Waals surface area contributed by atoms with Gasteiger partial charge in [0, 0.05) is 17.5 Å². The van der Waals surface area contributed by atoms with Gasteiger partial charge in [0.2, 0.25) is 0 Å². The van der Waals surface area contributed by atoms with Gasteiger partial charge < -0.3 is 14.2 Å². The maximum Gasteiger partial charge on any atom is 0.344 e. The first-order valence-corrected chi connectivity index (χ1v) is 8.12. The summed E-state index contributed by atoms with van der Waals surface area (Å²) in [6, 6.07) is 14.3. The second-order valence-electron chi connectivity index (χ2n) is 6.52. The molecule has 0 amide bonds. The number of fused-ring (bicyclic) bond motifs is 1. The molecule has 1 aliphatic heterocycles. The van der Waals surface area contributed by atoms with E-state index in [4.69, 9.17) is 14.2 Å². The van der Waals surface area contributed by atoms with E-state index in [2.05, 4.69) is 0 Å². The number of ketones is 1. The molecule has 0 bridgehead atoms. The van der Waals surface area contributed by atoms with E-state index >= 15 is 0 Å². The van der Waals surface area contributed by atoms with E-state index in [9.17, 15) is 9.59 Å². The van der Waals surface area contributed by atoms with Crippen LogP contribution in [0.15, 0.2) is 48.5 Å². The van der Waals surface area contributed by atoms with Crippen LogP contribution in [0.3, 0.4) is 0 Å². The van der Waals surface area contributed by atoms with Gasteiger partial charge in [0.05, 0.1) is 0 Å². The van der Waals surface area contributed by atoms with Crippen molar-refractivity contribution in [1.29, 1.82) is 0 Å². The topological polar surface area (TPSA) is 61.8 Å². The van der Waals surface area contributed by atoms with E-state index in [0.29, 0.717) is 17.1 Å². The fraction of sp³-hybridized carbons (Fsp3) is 0.300. The molecule has 5 heteroatoms. The SMILES string of the molecule is CC1(C)Cc2cccc(OCC(=O)OCC(=O)c3ccccc3)c2O1. The maximum absolute atomic E-state index is 11.9. The molecule has 0 saturated heterocycles. The molecule has 0 spiro atoms. The Morgan fingerprint density at radius 3 is 2.56 bits per heavy atom. The van der Waals surface area contributed by atoms with Gasteiger partial charge in [0.1, 0.15) is 5.60 Å². The maximum atomic E-state index is 11.9. The summed E-state index contributed by atoms with van der Waals surface area (Å²) >= 11 is 0. The second kappa shape index (κ2) is 6.97. The molecule has 0 radical (unpaired) electrons. The number of hydrogen-bond donors (Lipinski definition) is 0. The molecular weight excluding hydrogens is 320 g/mol. The van der Waals surface area contributed by atoms with Gasteiger partial charge in [-0.2, -0.15) is 0 Å². The van der Waals surface area contributed by atoms with Crippen molar-refractivity contribution in [1.82, 2.24) is 0 Å². The van der Waals surface area contributed by atoms with Gasteiger partial charge in [0.15, 0.2) is 30.5 Å². The standard InChI is InChI=1S/C20H20O5/c1-20(2)11-15-9-6-10-17(19(15)25-20)23-13-18(22)24-12-16(21)14-7-4-3-5-8-14/h3-10H,11-13H2,1-2H3. The van der Waals surface area contributed by atoms with Crippen molar-refractivity contribution < 1.29 is 23.8 Å². The quantitative estimate of drug-likeness (QED) is 0.597. The molecule has 0 aliphatic carbocycles. The molecule has 0 fully saturated rings. The normalized spacial score (nSPS) is 14.3. The fourth-order valence-electron chi connectivity index (χ4n) is 2.73. The number of Topliss-reactive ketones (excluding diaryl/α,β-unsaturated/α-hetero) is 1. The fourth-order valence-corrected chi connectivity index (χ4v) is 2.73. The van der Waals surface area contributed by atoms with E-state index in [1.54, 1.807) is 30.3 Å². The summed E-state index contributed by atoms with van der Waals surface area (Å²) < 4.78 is 16.4. The summed E-state index contributed by atoms with van der Waals surface area (Å²) in [6.45, 7) is 3.42. The highest BCUT2D eigenvalue weighted by Gasteiger charge is 2.32. The van der Waals surface area contributed by atoms with Crippen LogP contribution in [0.4, 0.5) is 0 Å². The Bertz CT molecular complexity index is 780. The summed E-state index contributed by atoms with van der Waals surface area (Å²) in [6.07, 6.45) is 0.787. The highest BCUT2D eigenvalue weighted by molar-refractivity contribution is 5.97. The summed E-state index contributed by atoms with van der Waals surface area (Å²) in [7, 11) is 0. The minimum atomic E-state index is -0.598. The van der Waals surface area contributed by atoms with Crippen LogP contribution in [-0.4, -0.2) is 30.6 Å². The molecule has 5 nitrogen and oxygen atoms in total. The molecule has 0 aromatic heterocycles. The second-order valence-corrected chi connectivity index (χ2v) is 6.52. The lowest BCUT2D eigenvalue weighted by Crippen LogP contribution is -2.25. The Morgan fingerprint density at radius 2 is 1.80 bits per heavy atom. The van der Waals surface area contributed by atoms with Crippen LogP contribution in [0.5, 0.6) is 11.5 Å². The van der Waals surface area contributed by atoms with Crippen LogP contribution < -0.4 is 9.47 Å². The average molecular weight is 340 g/mol. The summed E-state index contributed by atoms with van der Waals surface area (Å²) in [5.74, 6) is 0.328. The smallest absolute Gasteiger partial charge is 0.344 e. The van der Waals surface area contributed by atoms with Crippen molar-refractivity contribution in [3.05, 3.63) is 59.7 Å². The van der Waals surface area contributed by atoms with Crippen LogP contribution in [-0.2, 0) is 16.0 Å². The van der Waals surface area contributed by atoms with Crippen molar-refractivity contribution in [3.8, 4) is 11.5 Å². The Labute approximate surface area is 146 Å². The van der Waals surface area contributed by atoms with Crippen LogP contribution in [0.25, 0.3) is 0 Å². The number of ether oxygens (including phenoxy) is 3. The van der Waals surface area contributed by atoms with E-state index in [1.165, 1.54) is 0 Å². The molecule has 0 saturated carbocycles. The Hall–Kier alpha value is -2.82. The predicted molar refractivity (Wildman–Crippen MR) is 92.1 cm³/mol. The summed E-state index contributed by atoms with van der Waals surface area (Å²) in [5, 5.41) is 0. The highest BCUT2D eigenvalue weighted by atomic mass is 16.6. The number of rotatable bonds is 6. The molecule has 3 rings (SSSR count). The van der Waals surface area contributed by atoms with E-state index in [-0.39, 0.29) is 24.6 Å². The molecule has 0 N–H and O–H groups in total. The first-order valence-electron chi connectivity index (χ1n) is 8.12. The first kappa shape index (κ1) is 17.0. The van der Waals surface area contributed by atoms with Gasteiger partial charge in [-0.15, -0.1) is 0 Å². The zero-order valence-corrected chi connectivity index (χ0v) is 14.3. The van der Waals surface area contributed by atoms with Crippen molar-refractivity contribution in [3.63, 3.8) is 0 Å². The minimum Gasteiger partial charge on any atom is -0.483 e. The predicted octanol–water partition coefficient (Wildman–Crippen LogP) is 3.21. The summed E-state index contributed by atoms with van der Waals surface area (Å²) in [4.78, 5) is 23.7. The zero-order valence-electron chi connectivity index (χ0n) is 14.3. The van der Waals surface area contributed by atoms with Crippen LogP contribution in [0.1, 0.15) is 29.8 Å². The number of carbonyl (C=O) groups is 2. The largest absolute Gasteiger partial charge is 0.483 e. The number of para-hydroxylation sites is 1. The number of hydrogen-bond acceptors (Lipinski definition) is 5.